The summed E-state index contributed by atoms with van der Waals surface area (Å²) < 4.78 is 11.2. The van der Waals surface area contributed by atoms with Gasteiger partial charge >= 0.3 is 0 Å². The Balaban J connectivity index is 1.50. The van der Waals surface area contributed by atoms with E-state index in [4.69, 9.17) is 8.94 Å². The van der Waals surface area contributed by atoms with E-state index in [-0.39, 0.29) is 6.04 Å². The molecule has 7 nitrogen and oxygen atoms in total. The minimum Gasteiger partial charge on any atom is -0.444 e. The van der Waals surface area contributed by atoms with Crippen LogP contribution in [0.25, 0.3) is 0 Å². The molecule has 0 N–H and O–H groups in total. The molecule has 1 saturated heterocycles. The van der Waals surface area contributed by atoms with Crippen LogP contribution in [-0.4, -0.2) is 51.1 Å². The van der Waals surface area contributed by atoms with Gasteiger partial charge in [-0.15, -0.1) is 0 Å². The zero-order chi connectivity index (χ0) is 17.8. The van der Waals surface area contributed by atoms with Crippen molar-refractivity contribution in [3.63, 3.8) is 0 Å². The first-order chi connectivity index (χ1) is 12.1. The van der Waals surface area contributed by atoms with Crippen LogP contribution in [0.1, 0.15) is 61.8 Å². The number of nitrogens with zero attached hydrogens (tertiary/aromatic N) is 5. The van der Waals surface area contributed by atoms with Gasteiger partial charge in [-0.05, 0) is 27.2 Å². The topological polar surface area (TPSA) is 71.4 Å². The van der Waals surface area contributed by atoms with Crippen molar-refractivity contribution in [2.75, 3.05) is 26.2 Å². The molecule has 3 heterocycles. The Labute approximate surface area is 149 Å². The minimum absolute atomic E-state index is 0.163. The summed E-state index contributed by atoms with van der Waals surface area (Å²) >= 11 is 0. The van der Waals surface area contributed by atoms with E-state index in [0.29, 0.717) is 0 Å². The van der Waals surface area contributed by atoms with Gasteiger partial charge in [-0.1, -0.05) is 18.5 Å². The van der Waals surface area contributed by atoms with Gasteiger partial charge in [0.15, 0.2) is 5.82 Å². The van der Waals surface area contributed by atoms with Crippen molar-refractivity contribution in [1.29, 1.82) is 0 Å². The Kier molecular flexibility index (Phi) is 5.86. The highest BCUT2D eigenvalue weighted by molar-refractivity contribution is 5.05. The zero-order valence-corrected chi connectivity index (χ0v) is 15.8. The van der Waals surface area contributed by atoms with Gasteiger partial charge < -0.3 is 8.94 Å². The van der Waals surface area contributed by atoms with Gasteiger partial charge in [-0.3, -0.25) is 9.80 Å². The number of hydrogen-bond acceptors (Lipinski definition) is 7. The van der Waals surface area contributed by atoms with Gasteiger partial charge in [0.2, 0.25) is 11.8 Å². The molecule has 2 aromatic rings. The molecular weight excluding hydrogens is 318 g/mol. The first kappa shape index (κ1) is 18.1. The highest BCUT2D eigenvalue weighted by Gasteiger charge is 2.26. The Morgan fingerprint density at radius 1 is 1.12 bits per heavy atom. The largest absolute Gasteiger partial charge is 0.444 e. The van der Waals surface area contributed by atoms with E-state index in [1.165, 1.54) is 0 Å². The van der Waals surface area contributed by atoms with Crippen LogP contribution >= 0.6 is 0 Å². The van der Waals surface area contributed by atoms with Gasteiger partial charge in [-0.25, -0.2) is 4.98 Å². The highest BCUT2D eigenvalue weighted by atomic mass is 16.5. The summed E-state index contributed by atoms with van der Waals surface area (Å²) in [6, 6.07) is 0.163. The average Bonchev–Trinajstić information content (AvgIpc) is 3.20. The Morgan fingerprint density at radius 2 is 1.88 bits per heavy atom. The van der Waals surface area contributed by atoms with Gasteiger partial charge in [0.05, 0.1) is 18.3 Å². The minimum atomic E-state index is 0.163. The fraction of sp³-hybridized carbons (Fsp3) is 0.722. The van der Waals surface area contributed by atoms with Crippen LogP contribution in [0.5, 0.6) is 0 Å². The molecule has 3 rings (SSSR count). The molecule has 0 radical (unpaired) electrons. The van der Waals surface area contributed by atoms with E-state index >= 15 is 0 Å². The van der Waals surface area contributed by atoms with Crippen LogP contribution in [0, 0.1) is 13.8 Å². The molecule has 25 heavy (non-hydrogen) atoms. The molecule has 0 saturated carbocycles. The van der Waals surface area contributed by atoms with Crippen LogP contribution in [0.15, 0.2) is 8.94 Å². The van der Waals surface area contributed by atoms with Crippen LogP contribution in [0.2, 0.25) is 0 Å². The van der Waals surface area contributed by atoms with Crippen molar-refractivity contribution in [3.05, 3.63) is 29.1 Å². The lowest BCUT2D eigenvalue weighted by Gasteiger charge is -2.36. The third kappa shape index (κ3) is 4.46. The molecule has 0 bridgehead atoms. The van der Waals surface area contributed by atoms with Crippen molar-refractivity contribution in [2.24, 2.45) is 0 Å². The van der Waals surface area contributed by atoms with E-state index in [0.717, 1.165) is 81.0 Å². The molecule has 1 aliphatic heterocycles. The second-order valence-electron chi connectivity index (χ2n) is 6.89. The normalized spacial score (nSPS) is 17.9. The summed E-state index contributed by atoms with van der Waals surface area (Å²) in [5.74, 6) is 3.29. The fourth-order valence-corrected chi connectivity index (χ4v) is 3.14. The van der Waals surface area contributed by atoms with E-state index in [1.807, 2.05) is 13.8 Å². The Bertz CT molecular complexity index is 653. The Hall–Kier alpha value is -1.73. The van der Waals surface area contributed by atoms with Crippen molar-refractivity contribution in [1.82, 2.24) is 24.9 Å². The zero-order valence-electron chi connectivity index (χ0n) is 15.8. The maximum atomic E-state index is 5.70. The molecule has 7 heteroatoms. The van der Waals surface area contributed by atoms with Gasteiger partial charge in [0.25, 0.3) is 0 Å². The van der Waals surface area contributed by atoms with Crippen LogP contribution in [0.3, 0.4) is 0 Å². The number of rotatable bonds is 7. The van der Waals surface area contributed by atoms with E-state index < -0.39 is 0 Å². The number of hydrogen-bond donors (Lipinski definition) is 0. The molecule has 0 aliphatic carbocycles. The maximum absolute atomic E-state index is 5.70. The molecule has 2 aromatic heterocycles. The molecule has 0 amide bonds. The lowest BCUT2D eigenvalue weighted by atomic mass is 10.2. The lowest BCUT2D eigenvalue weighted by molar-refractivity contribution is 0.0796. The van der Waals surface area contributed by atoms with Crippen molar-refractivity contribution in [3.8, 4) is 0 Å². The second-order valence-corrected chi connectivity index (χ2v) is 6.89. The summed E-state index contributed by atoms with van der Waals surface area (Å²) in [6.07, 6.45) is 3.15. The summed E-state index contributed by atoms with van der Waals surface area (Å²) in [5.41, 5.74) is 0.984. The molecule has 0 aromatic carbocycles. The van der Waals surface area contributed by atoms with Crippen LogP contribution < -0.4 is 0 Å². The standard InChI is InChI=1S/C18H29N5O2/c1-5-6-7-16-20-18(25-21-16)14(3)23-10-8-22(9-11-23)12-17-19-13(2)15(4)24-17/h14H,5-12H2,1-4H3/t14-/m0/s1. The third-order valence-corrected chi connectivity index (χ3v) is 4.98. The molecular formula is C18H29N5O2. The molecule has 1 aliphatic rings. The van der Waals surface area contributed by atoms with Gasteiger partial charge in [0.1, 0.15) is 5.76 Å². The summed E-state index contributed by atoms with van der Waals surface area (Å²) in [6.45, 7) is 13.0. The maximum Gasteiger partial charge on any atom is 0.243 e. The van der Waals surface area contributed by atoms with E-state index in [9.17, 15) is 0 Å². The predicted molar refractivity (Wildman–Crippen MR) is 94.2 cm³/mol. The van der Waals surface area contributed by atoms with Gasteiger partial charge in [0, 0.05) is 32.6 Å². The molecule has 138 valence electrons. The smallest absolute Gasteiger partial charge is 0.243 e. The summed E-state index contributed by atoms with van der Waals surface area (Å²) in [4.78, 5) is 13.8. The SMILES string of the molecule is CCCCc1noc([C@H](C)N2CCN(Cc3nc(C)c(C)o3)CC2)n1. The highest BCUT2D eigenvalue weighted by Crippen LogP contribution is 2.21. The molecule has 1 fully saturated rings. The van der Waals surface area contributed by atoms with Crippen molar-refractivity contribution < 1.29 is 8.94 Å². The number of unbranched alkanes of at least 4 members (excludes halogenated alkanes) is 1. The van der Waals surface area contributed by atoms with Crippen LogP contribution in [-0.2, 0) is 13.0 Å². The lowest BCUT2D eigenvalue weighted by Crippen LogP contribution is -2.46. The monoisotopic (exact) mass is 347 g/mol. The van der Waals surface area contributed by atoms with Crippen LogP contribution in [0.4, 0.5) is 0 Å². The summed E-state index contributed by atoms with van der Waals surface area (Å²) in [7, 11) is 0. The van der Waals surface area contributed by atoms with Crippen molar-refractivity contribution >= 4 is 0 Å². The average molecular weight is 347 g/mol. The summed E-state index contributed by atoms with van der Waals surface area (Å²) in [5, 5.41) is 4.11. The molecule has 0 spiro atoms. The first-order valence-corrected chi connectivity index (χ1v) is 9.28. The number of oxazole rings is 1. The third-order valence-electron chi connectivity index (χ3n) is 4.98. The fourth-order valence-electron chi connectivity index (χ4n) is 3.14. The number of piperazine rings is 1. The first-order valence-electron chi connectivity index (χ1n) is 9.28. The van der Waals surface area contributed by atoms with Gasteiger partial charge in [-0.2, -0.15) is 4.98 Å². The van der Waals surface area contributed by atoms with E-state index in [1.54, 1.807) is 0 Å². The number of aryl methyl sites for hydroxylation is 3. The molecule has 1 atom stereocenters. The van der Waals surface area contributed by atoms with Crippen molar-refractivity contribution in [2.45, 2.75) is 59.5 Å². The molecule has 0 unspecified atom stereocenters. The quantitative estimate of drug-likeness (QED) is 0.762. The van der Waals surface area contributed by atoms with E-state index in [2.05, 4.69) is 38.8 Å². The predicted octanol–water partition coefficient (Wildman–Crippen LogP) is 2.90. The number of aromatic nitrogens is 3. The Morgan fingerprint density at radius 3 is 2.52 bits per heavy atom. The second kappa shape index (κ2) is 8.10.